The third-order valence-electron chi connectivity index (χ3n) is 2.67. The molecule has 0 amide bonds. The smallest absolute Gasteiger partial charge is 0.134 e. The molecule has 0 fully saturated rings. The molecule has 0 spiro atoms. The van der Waals surface area contributed by atoms with E-state index in [2.05, 4.69) is 5.43 Å². The van der Waals surface area contributed by atoms with Crippen LogP contribution in [-0.2, 0) is 0 Å². The molecule has 1 aromatic heterocycles. The van der Waals surface area contributed by atoms with Gasteiger partial charge in [-0.05, 0) is 37.1 Å². The van der Waals surface area contributed by atoms with Gasteiger partial charge in [-0.2, -0.15) is 0 Å². The van der Waals surface area contributed by atoms with Crippen molar-refractivity contribution in [3.63, 3.8) is 0 Å². The van der Waals surface area contributed by atoms with Crippen LogP contribution in [0.5, 0.6) is 0 Å². The lowest BCUT2D eigenvalue weighted by Gasteiger charge is -2.11. The summed E-state index contributed by atoms with van der Waals surface area (Å²) in [5.74, 6) is 6.48. The lowest BCUT2D eigenvalue weighted by molar-refractivity contribution is 0.414. The SMILES string of the molecule is NNC(CCCCl)c1cc2cc(F)ccc2o1. The van der Waals surface area contributed by atoms with Crippen molar-refractivity contribution in [3.8, 4) is 0 Å². The zero-order valence-corrected chi connectivity index (χ0v) is 10.0. The largest absolute Gasteiger partial charge is 0.459 e. The Balaban J connectivity index is 2.27. The van der Waals surface area contributed by atoms with Gasteiger partial charge in [0.2, 0.25) is 0 Å². The predicted molar refractivity (Wildman–Crippen MR) is 66.2 cm³/mol. The molecule has 92 valence electrons. The first-order valence-electron chi connectivity index (χ1n) is 5.45. The highest BCUT2D eigenvalue weighted by Crippen LogP contribution is 2.26. The average molecular weight is 257 g/mol. The normalized spacial score (nSPS) is 13.1. The number of alkyl halides is 1. The molecule has 2 aromatic rings. The van der Waals surface area contributed by atoms with Gasteiger partial charge >= 0.3 is 0 Å². The fraction of sp³-hybridized carbons (Fsp3) is 0.333. The Kier molecular flexibility index (Phi) is 3.99. The van der Waals surface area contributed by atoms with Gasteiger partial charge in [-0.1, -0.05) is 0 Å². The van der Waals surface area contributed by atoms with Crippen LogP contribution in [0.15, 0.2) is 28.7 Å². The van der Waals surface area contributed by atoms with Crippen LogP contribution >= 0.6 is 11.6 Å². The van der Waals surface area contributed by atoms with Gasteiger partial charge in [0, 0.05) is 11.3 Å². The molecule has 17 heavy (non-hydrogen) atoms. The number of rotatable bonds is 5. The molecular formula is C12H14ClFN2O. The van der Waals surface area contributed by atoms with Gasteiger partial charge in [0.05, 0.1) is 6.04 Å². The van der Waals surface area contributed by atoms with Crippen LogP contribution in [0.25, 0.3) is 11.0 Å². The van der Waals surface area contributed by atoms with Crippen molar-refractivity contribution in [3.05, 3.63) is 35.8 Å². The predicted octanol–water partition coefficient (Wildman–Crippen LogP) is 3.10. The van der Waals surface area contributed by atoms with E-state index in [1.807, 2.05) is 0 Å². The first-order chi connectivity index (χ1) is 8.24. The Morgan fingerprint density at radius 2 is 2.24 bits per heavy atom. The van der Waals surface area contributed by atoms with Crippen molar-refractivity contribution in [1.29, 1.82) is 0 Å². The van der Waals surface area contributed by atoms with E-state index >= 15 is 0 Å². The number of nitrogens with one attached hydrogen (secondary N) is 1. The fourth-order valence-corrected chi connectivity index (χ4v) is 1.95. The number of fused-ring (bicyclic) bond motifs is 1. The van der Waals surface area contributed by atoms with Gasteiger partial charge < -0.3 is 4.42 Å². The summed E-state index contributed by atoms with van der Waals surface area (Å²) in [7, 11) is 0. The molecule has 0 aliphatic carbocycles. The van der Waals surface area contributed by atoms with Gasteiger partial charge in [0.1, 0.15) is 17.2 Å². The molecule has 1 aromatic carbocycles. The molecule has 2 rings (SSSR count). The summed E-state index contributed by atoms with van der Waals surface area (Å²) in [6.07, 6.45) is 1.62. The molecule has 1 unspecified atom stereocenters. The van der Waals surface area contributed by atoms with E-state index in [0.29, 0.717) is 17.2 Å². The van der Waals surface area contributed by atoms with Gasteiger partial charge in [-0.25, -0.2) is 9.82 Å². The van der Waals surface area contributed by atoms with E-state index < -0.39 is 0 Å². The summed E-state index contributed by atoms with van der Waals surface area (Å²) in [4.78, 5) is 0. The van der Waals surface area contributed by atoms with E-state index in [0.717, 1.165) is 18.2 Å². The molecule has 0 aliphatic rings. The minimum atomic E-state index is -0.275. The van der Waals surface area contributed by atoms with E-state index in [1.165, 1.54) is 12.1 Å². The van der Waals surface area contributed by atoms with Crippen LogP contribution < -0.4 is 11.3 Å². The summed E-state index contributed by atoms with van der Waals surface area (Å²) >= 11 is 5.64. The van der Waals surface area contributed by atoms with Gasteiger partial charge in [0.15, 0.2) is 0 Å². The van der Waals surface area contributed by atoms with Crippen molar-refractivity contribution >= 4 is 22.6 Å². The monoisotopic (exact) mass is 256 g/mol. The molecule has 0 saturated heterocycles. The lowest BCUT2D eigenvalue weighted by atomic mass is 10.1. The highest BCUT2D eigenvalue weighted by Gasteiger charge is 2.14. The minimum absolute atomic E-state index is 0.0933. The first kappa shape index (κ1) is 12.4. The number of benzene rings is 1. The molecule has 1 heterocycles. The van der Waals surface area contributed by atoms with Crippen molar-refractivity contribution < 1.29 is 8.81 Å². The molecule has 1 atom stereocenters. The summed E-state index contributed by atoms with van der Waals surface area (Å²) < 4.78 is 18.7. The van der Waals surface area contributed by atoms with Gasteiger partial charge in [0.25, 0.3) is 0 Å². The summed E-state index contributed by atoms with van der Waals surface area (Å²) in [6, 6.07) is 6.14. The highest BCUT2D eigenvalue weighted by molar-refractivity contribution is 6.17. The van der Waals surface area contributed by atoms with E-state index in [9.17, 15) is 4.39 Å². The number of halogens is 2. The van der Waals surface area contributed by atoms with Gasteiger partial charge in [-0.3, -0.25) is 5.84 Å². The fourth-order valence-electron chi connectivity index (χ4n) is 1.80. The average Bonchev–Trinajstić information content (AvgIpc) is 2.72. The van der Waals surface area contributed by atoms with Crippen molar-refractivity contribution in [2.45, 2.75) is 18.9 Å². The van der Waals surface area contributed by atoms with Gasteiger partial charge in [-0.15, -0.1) is 11.6 Å². The van der Waals surface area contributed by atoms with Crippen LogP contribution in [0.1, 0.15) is 24.6 Å². The maximum absolute atomic E-state index is 13.0. The van der Waals surface area contributed by atoms with E-state index in [4.69, 9.17) is 21.9 Å². The van der Waals surface area contributed by atoms with Crippen LogP contribution in [0.2, 0.25) is 0 Å². The molecule has 3 nitrogen and oxygen atoms in total. The Morgan fingerprint density at radius 3 is 2.94 bits per heavy atom. The third-order valence-corrected chi connectivity index (χ3v) is 2.94. The van der Waals surface area contributed by atoms with Crippen LogP contribution in [0.4, 0.5) is 4.39 Å². The lowest BCUT2D eigenvalue weighted by Crippen LogP contribution is -2.27. The first-order valence-corrected chi connectivity index (χ1v) is 5.99. The van der Waals surface area contributed by atoms with Crippen molar-refractivity contribution in [1.82, 2.24) is 5.43 Å². The molecule has 3 N–H and O–H groups in total. The number of hydrogen-bond acceptors (Lipinski definition) is 3. The number of hydrogen-bond donors (Lipinski definition) is 2. The van der Waals surface area contributed by atoms with Crippen LogP contribution in [0.3, 0.4) is 0 Å². The second kappa shape index (κ2) is 5.49. The summed E-state index contributed by atoms with van der Waals surface area (Å²) in [5.41, 5.74) is 3.34. The summed E-state index contributed by atoms with van der Waals surface area (Å²) in [6.45, 7) is 0. The molecule has 0 saturated carbocycles. The molecular weight excluding hydrogens is 243 g/mol. The Bertz CT molecular complexity index is 500. The number of nitrogens with two attached hydrogens (primary N) is 1. The van der Waals surface area contributed by atoms with Crippen molar-refractivity contribution in [2.75, 3.05) is 5.88 Å². The topological polar surface area (TPSA) is 51.2 Å². The molecule has 0 aliphatic heterocycles. The zero-order valence-electron chi connectivity index (χ0n) is 9.25. The maximum atomic E-state index is 13.0. The van der Waals surface area contributed by atoms with E-state index in [1.54, 1.807) is 12.1 Å². The zero-order chi connectivity index (χ0) is 12.3. The second-order valence-electron chi connectivity index (χ2n) is 3.88. The van der Waals surface area contributed by atoms with Crippen LogP contribution in [-0.4, -0.2) is 5.88 Å². The minimum Gasteiger partial charge on any atom is -0.459 e. The molecule has 0 radical (unpaired) electrons. The number of hydrazine groups is 1. The molecule has 0 bridgehead atoms. The highest BCUT2D eigenvalue weighted by atomic mass is 35.5. The standard InChI is InChI=1S/C12H14ClFN2O/c13-5-1-2-10(16-15)12-7-8-6-9(14)3-4-11(8)17-12/h3-4,6-7,10,16H,1-2,5,15H2. The Labute approximate surface area is 104 Å². The number of furan rings is 1. The molecule has 5 heteroatoms. The second-order valence-corrected chi connectivity index (χ2v) is 4.26. The van der Waals surface area contributed by atoms with Crippen molar-refractivity contribution in [2.24, 2.45) is 5.84 Å². The Morgan fingerprint density at radius 1 is 1.41 bits per heavy atom. The quantitative estimate of drug-likeness (QED) is 0.491. The third kappa shape index (κ3) is 2.77. The summed E-state index contributed by atoms with van der Waals surface area (Å²) in [5, 5.41) is 0.742. The Hall–Kier alpha value is -1.10. The van der Waals surface area contributed by atoms with Crippen LogP contribution in [0, 0.1) is 5.82 Å². The van der Waals surface area contributed by atoms with E-state index in [-0.39, 0.29) is 11.9 Å². The maximum Gasteiger partial charge on any atom is 0.134 e.